The Labute approximate surface area is 84.6 Å². The molecule has 1 amide bonds. The van der Waals surface area contributed by atoms with Gasteiger partial charge in [-0.3, -0.25) is 4.79 Å². The molecule has 1 atom stereocenters. The maximum absolute atomic E-state index is 11.7. The molecule has 4 heteroatoms. The first kappa shape index (κ1) is 11.5. The number of hydrogen-bond donors (Lipinski definition) is 2. The van der Waals surface area contributed by atoms with Crippen LogP contribution in [0.1, 0.15) is 33.6 Å². The van der Waals surface area contributed by atoms with Gasteiger partial charge in [0.15, 0.2) is 0 Å². The highest BCUT2D eigenvalue weighted by molar-refractivity contribution is 5.85. The predicted octanol–water partition coefficient (Wildman–Crippen LogP) is 0.443. The summed E-state index contributed by atoms with van der Waals surface area (Å²) in [6.07, 6.45) is 1.68. The Morgan fingerprint density at radius 1 is 1.64 bits per heavy atom. The van der Waals surface area contributed by atoms with Crippen LogP contribution in [0.4, 0.5) is 0 Å². The van der Waals surface area contributed by atoms with E-state index >= 15 is 0 Å². The van der Waals surface area contributed by atoms with E-state index in [4.69, 9.17) is 4.74 Å². The van der Waals surface area contributed by atoms with Crippen molar-refractivity contribution in [1.29, 1.82) is 0 Å². The minimum Gasteiger partial charge on any atom is -0.389 e. The SMILES string of the molecule is CC(C)(O)CNC(=O)C1(C)CCCO1. The van der Waals surface area contributed by atoms with E-state index in [-0.39, 0.29) is 12.5 Å². The van der Waals surface area contributed by atoms with Crippen molar-refractivity contribution in [3.8, 4) is 0 Å². The summed E-state index contributed by atoms with van der Waals surface area (Å²) in [5.41, 5.74) is -1.56. The number of aliphatic hydroxyl groups is 1. The zero-order valence-corrected chi connectivity index (χ0v) is 9.09. The highest BCUT2D eigenvalue weighted by Gasteiger charge is 2.37. The summed E-state index contributed by atoms with van der Waals surface area (Å²) in [5, 5.41) is 12.1. The minimum absolute atomic E-state index is 0.128. The summed E-state index contributed by atoms with van der Waals surface area (Å²) in [4.78, 5) is 11.7. The molecule has 0 radical (unpaired) electrons. The van der Waals surface area contributed by atoms with Crippen molar-refractivity contribution in [2.24, 2.45) is 0 Å². The predicted molar refractivity (Wildman–Crippen MR) is 52.9 cm³/mol. The van der Waals surface area contributed by atoms with E-state index in [2.05, 4.69) is 5.32 Å². The van der Waals surface area contributed by atoms with Gasteiger partial charge in [-0.2, -0.15) is 0 Å². The molecule has 4 nitrogen and oxygen atoms in total. The van der Waals surface area contributed by atoms with Gasteiger partial charge in [0.25, 0.3) is 5.91 Å². The first-order valence-corrected chi connectivity index (χ1v) is 4.98. The van der Waals surface area contributed by atoms with E-state index in [9.17, 15) is 9.90 Å². The minimum atomic E-state index is -0.870. The molecule has 2 N–H and O–H groups in total. The summed E-state index contributed by atoms with van der Waals surface area (Å²) in [5.74, 6) is -0.128. The van der Waals surface area contributed by atoms with Gasteiger partial charge in [0, 0.05) is 13.2 Å². The van der Waals surface area contributed by atoms with Gasteiger partial charge in [0.05, 0.1) is 5.60 Å². The maximum Gasteiger partial charge on any atom is 0.252 e. The number of hydrogen-bond acceptors (Lipinski definition) is 3. The zero-order valence-electron chi connectivity index (χ0n) is 9.09. The second-order valence-electron chi connectivity index (χ2n) is 4.68. The molecule has 14 heavy (non-hydrogen) atoms. The fourth-order valence-corrected chi connectivity index (χ4v) is 1.44. The number of amides is 1. The van der Waals surface area contributed by atoms with Crippen molar-refractivity contribution in [3.63, 3.8) is 0 Å². The number of ether oxygens (including phenoxy) is 1. The van der Waals surface area contributed by atoms with E-state index in [1.54, 1.807) is 20.8 Å². The van der Waals surface area contributed by atoms with Crippen LogP contribution in [0, 0.1) is 0 Å². The largest absolute Gasteiger partial charge is 0.389 e. The molecule has 1 heterocycles. The van der Waals surface area contributed by atoms with Gasteiger partial charge < -0.3 is 15.2 Å². The first-order chi connectivity index (χ1) is 6.33. The summed E-state index contributed by atoms with van der Waals surface area (Å²) < 4.78 is 5.37. The Balaban J connectivity index is 2.42. The standard InChI is InChI=1S/C10H19NO3/c1-9(2,13)7-11-8(12)10(3)5-4-6-14-10/h13H,4-7H2,1-3H3,(H,11,12). The summed E-state index contributed by atoms with van der Waals surface area (Å²) >= 11 is 0. The second kappa shape index (κ2) is 3.87. The van der Waals surface area contributed by atoms with E-state index in [1.807, 2.05) is 0 Å². The van der Waals surface area contributed by atoms with E-state index in [0.29, 0.717) is 6.61 Å². The average molecular weight is 201 g/mol. The molecule has 0 aromatic carbocycles. The molecule has 0 aromatic rings. The Morgan fingerprint density at radius 2 is 2.29 bits per heavy atom. The van der Waals surface area contributed by atoms with Crippen molar-refractivity contribution >= 4 is 5.91 Å². The molecule has 1 aliphatic heterocycles. The lowest BCUT2D eigenvalue weighted by atomic mass is 10.0. The van der Waals surface area contributed by atoms with Crippen molar-refractivity contribution in [2.75, 3.05) is 13.2 Å². The summed E-state index contributed by atoms with van der Waals surface area (Å²) in [6, 6.07) is 0. The Bertz CT molecular complexity index is 214. The lowest BCUT2D eigenvalue weighted by Gasteiger charge is -2.25. The number of rotatable bonds is 3. The molecule has 1 rings (SSSR count). The number of carbonyl (C=O) groups is 1. The van der Waals surface area contributed by atoms with Gasteiger partial charge in [-0.05, 0) is 33.6 Å². The molecule has 1 saturated heterocycles. The van der Waals surface area contributed by atoms with Gasteiger partial charge in [-0.15, -0.1) is 0 Å². The number of carbonyl (C=O) groups excluding carboxylic acids is 1. The summed E-state index contributed by atoms with van der Waals surface area (Å²) in [7, 11) is 0. The van der Waals surface area contributed by atoms with Crippen molar-refractivity contribution in [1.82, 2.24) is 5.32 Å². The molecular weight excluding hydrogens is 182 g/mol. The second-order valence-corrected chi connectivity index (χ2v) is 4.68. The van der Waals surface area contributed by atoms with Crippen LogP contribution >= 0.6 is 0 Å². The van der Waals surface area contributed by atoms with E-state index in [1.165, 1.54) is 0 Å². The molecule has 82 valence electrons. The van der Waals surface area contributed by atoms with Gasteiger partial charge in [0.2, 0.25) is 0 Å². The number of nitrogens with one attached hydrogen (secondary N) is 1. The quantitative estimate of drug-likeness (QED) is 0.696. The van der Waals surface area contributed by atoms with Crippen LogP contribution in [-0.4, -0.2) is 35.4 Å². The van der Waals surface area contributed by atoms with Crippen LogP contribution in [0.5, 0.6) is 0 Å². The highest BCUT2D eigenvalue weighted by Crippen LogP contribution is 2.24. The maximum atomic E-state index is 11.7. The van der Waals surface area contributed by atoms with Gasteiger partial charge in [0.1, 0.15) is 5.60 Å². The smallest absolute Gasteiger partial charge is 0.252 e. The van der Waals surface area contributed by atoms with Crippen LogP contribution in [0.2, 0.25) is 0 Å². The van der Waals surface area contributed by atoms with Crippen molar-refractivity contribution in [2.45, 2.75) is 44.8 Å². The molecule has 0 aliphatic carbocycles. The molecule has 1 unspecified atom stereocenters. The molecule has 1 aliphatic rings. The van der Waals surface area contributed by atoms with Crippen LogP contribution in [0.3, 0.4) is 0 Å². The topological polar surface area (TPSA) is 58.6 Å². The normalized spacial score (nSPS) is 27.7. The fourth-order valence-electron chi connectivity index (χ4n) is 1.44. The van der Waals surface area contributed by atoms with Gasteiger partial charge in [-0.1, -0.05) is 0 Å². The van der Waals surface area contributed by atoms with Crippen LogP contribution in [0.25, 0.3) is 0 Å². The van der Waals surface area contributed by atoms with Crippen LogP contribution in [-0.2, 0) is 9.53 Å². The molecule has 0 bridgehead atoms. The first-order valence-electron chi connectivity index (χ1n) is 4.98. The molecular formula is C10H19NO3. The van der Waals surface area contributed by atoms with Crippen molar-refractivity contribution < 1.29 is 14.6 Å². The van der Waals surface area contributed by atoms with Crippen LogP contribution < -0.4 is 5.32 Å². The lowest BCUT2D eigenvalue weighted by molar-refractivity contribution is -0.140. The average Bonchev–Trinajstić information content (AvgIpc) is 2.48. The lowest BCUT2D eigenvalue weighted by Crippen LogP contribution is -2.48. The van der Waals surface area contributed by atoms with Crippen LogP contribution in [0.15, 0.2) is 0 Å². The third-order valence-corrected chi connectivity index (χ3v) is 2.38. The Hall–Kier alpha value is -0.610. The summed E-state index contributed by atoms with van der Waals surface area (Å²) in [6.45, 7) is 6.01. The highest BCUT2D eigenvalue weighted by atomic mass is 16.5. The zero-order chi connectivity index (χ0) is 10.8. The Morgan fingerprint density at radius 3 is 2.71 bits per heavy atom. The van der Waals surface area contributed by atoms with E-state index < -0.39 is 11.2 Å². The van der Waals surface area contributed by atoms with E-state index in [0.717, 1.165) is 12.8 Å². The third-order valence-electron chi connectivity index (χ3n) is 2.38. The molecule has 1 fully saturated rings. The molecule has 0 aromatic heterocycles. The molecule has 0 spiro atoms. The third kappa shape index (κ3) is 2.96. The molecule has 0 saturated carbocycles. The van der Waals surface area contributed by atoms with Gasteiger partial charge >= 0.3 is 0 Å². The van der Waals surface area contributed by atoms with Gasteiger partial charge in [-0.25, -0.2) is 0 Å². The fraction of sp³-hybridized carbons (Fsp3) is 0.900. The van der Waals surface area contributed by atoms with Crippen molar-refractivity contribution in [3.05, 3.63) is 0 Å². The monoisotopic (exact) mass is 201 g/mol. The Kier molecular flexibility index (Phi) is 3.17.